The fraction of sp³-hybridized carbons (Fsp3) is 0.0189. The molecule has 2 nitrogen and oxygen atoms in total. The molecule has 1 atom stereocenters. The summed E-state index contributed by atoms with van der Waals surface area (Å²) in [6.45, 7) is 0. The van der Waals surface area contributed by atoms with Gasteiger partial charge < -0.3 is 9.47 Å². The third-order valence-electron chi connectivity index (χ3n) is 12.2. The van der Waals surface area contributed by atoms with Crippen molar-refractivity contribution in [3.63, 3.8) is 0 Å². The minimum Gasteiger partial charge on any atom is -0.310 e. The predicted molar refractivity (Wildman–Crippen MR) is 229 cm³/mol. The maximum atomic E-state index is 2.51. The summed E-state index contributed by atoms with van der Waals surface area (Å²) in [5.41, 5.74) is 17.1. The molecule has 0 fully saturated rings. The Hall–Kier alpha value is -7.16. The Balaban J connectivity index is 1.07. The third kappa shape index (κ3) is 4.08. The molecule has 0 saturated carbocycles. The van der Waals surface area contributed by atoms with E-state index in [0.717, 1.165) is 17.1 Å². The van der Waals surface area contributed by atoms with E-state index >= 15 is 0 Å². The topological polar surface area (TPSA) is 8.17 Å². The number of benzene rings is 9. The summed E-state index contributed by atoms with van der Waals surface area (Å²) in [6.07, 6.45) is 0. The van der Waals surface area contributed by atoms with Crippen LogP contribution in [0.3, 0.4) is 0 Å². The maximum Gasteiger partial charge on any atom is 0.0754 e. The number of fused-ring (bicyclic) bond motifs is 13. The van der Waals surface area contributed by atoms with Crippen LogP contribution >= 0.6 is 0 Å². The molecule has 9 aromatic carbocycles. The summed E-state index contributed by atoms with van der Waals surface area (Å²) in [4.78, 5) is 2.37. The molecule has 0 bridgehead atoms. The fourth-order valence-electron chi connectivity index (χ4n) is 9.95. The molecule has 2 heterocycles. The van der Waals surface area contributed by atoms with Gasteiger partial charge in [0.25, 0.3) is 0 Å². The highest BCUT2D eigenvalue weighted by atomic mass is 15.1. The third-order valence-corrected chi connectivity index (χ3v) is 12.2. The molecule has 0 saturated heterocycles. The van der Waals surface area contributed by atoms with Gasteiger partial charge in [0.05, 0.1) is 27.8 Å². The first-order valence-corrected chi connectivity index (χ1v) is 19.1. The zero-order chi connectivity index (χ0) is 36.1. The highest BCUT2D eigenvalue weighted by Crippen LogP contribution is 2.61. The molecule has 10 aromatic rings. The Bertz CT molecular complexity index is 3150. The van der Waals surface area contributed by atoms with Crippen molar-refractivity contribution < 1.29 is 0 Å². The molecule has 12 rings (SSSR count). The van der Waals surface area contributed by atoms with E-state index in [4.69, 9.17) is 0 Å². The maximum absolute atomic E-state index is 2.51. The van der Waals surface area contributed by atoms with Crippen LogP contribution in [0.15, 0.2) is 206 Å². The van der Waals surface area contributed by atoms with Crippen LogP contribution in [-0.2, 0) is 5.41 Å². The van der Waals surface area contributed by atoms with Crippen molar-refractivity contribution in [2.24, 2.45) is 0 Å². The lowest BCUT2D eigenvalue weighted by Gasteiger charge is -2.39. The fourth-order valence-corrected chi connectivity index (χ4v) is 9.95. The highest BCUT2D eigenvalue weighted by Gasteiger charge is 2.50. The quantitative estimate of drug-likeness (QED) is 0.178. The number of hydrogen-bond acceptors (Lipinski definition) is 1. The van der Waals surface area contributed by atoms with Gasteiger partial charge in [-0.2, -0.15) is 0 Å². The van der Waals surface area contributed by atoms with E-state index in [1.807, 2.05) is 0 Å². The molecule has 0 N–H and O–H groups in total. The molecular weight excluding hydrogens is 665 g/mol. The smallest absolute Gasteiger partial charge is 0.0754 e. The summed E-state index contributed by atoms with van der Waals surface area (Å²) >= 11 is 0. The van der Waals surface area contributed by atoms with Crippen LogP contribution in [0.25, 0.3) is 60.5 Å². The van der Waals surface area contributed by atoms with Crippen molar-refractivity contribution in [3.8, 4) is 27.9 Å². The van der Waals surface area contributed by atoms with Crippen LogP contribution in [-0.4, -0.2) is 4.57 Å². The van der Waals surface area contributed by atoms with E-state index in [9.17, 15) is 0 Å². The van der Waals surface area contributed by atoms with Crippen LogP contribution in [0.4, 0.5) is 17.1 Å². The molecule has 256 valence electrons. The molecule has 0 radical (unpaired) electrons. The normalized spacial score (nSPS) is 15.0. The average molecular weight is 699 g/mol. The van der Waals surface area contributed by atoms with Crippen LogP contribution in [0.1, 0.15) is 22.3 Å². The van der Waals surface area contributed by atoms with Gasteiger partial charge in [-0.15, -0.1) is 0 Å². The van der Waals surface area contributed by atoms with Crippen molar-refractivity contribution in [2.75, 3.05) is 4.90 Å². The molecule has 0 amide bonds. The van der Waals surface area contributed by atoms with Gasteiger partial charge in [-0.25, -0.2) is 0 Å². The van der Waals surface area contributed by atoms with E-state index < -0.39 is 5.41 Å². The van der Waals surface area contributed by atoms with Crippen molar-refractivity contribution in [1.29, 1.82) is 0 Å². The van der Waals surface area contributed by atoms with E-state index in [2.05, 4.69) is 216 Å². The Morgan fingerprint density at radius 2 is 1.00 bits per heavy atom. The summed E-state index contributed by atoms with van der Waals surface area (Å²) in [5.74, 6) is 0. The molecule has 1 aliphatic carbocycles. The molecule has 1 aliphatic heterocycles. The molecule has 1 spiro atoms. The van der Waals surface area contributed by atoms with E-state index in [0.29, 0.717) is 0 Å². The van der Waals surface area contributed by atoms with Gasteiger partial charge in [-0.3, -0.25) is 0 Å². The lowest BCUT2D eigenvalue weighted by molar-refractivity contribution is 0.749. The van der Waals surface area contributed by atoms with E-state index in [1.54, 1.807) is 0 Å². The second kappa shape index (κ2) is 11.4. The van der Waals surface area contributed by atoms with E-state index in [-0.39, 0.29) is 0 Å². The first kappa shape index (κ1) is 30.3. The molecule has 2 aliphatic rings. The number of para-hydroxylation sites is 4. The first-order valence-electron chi connectivity index (χ1n) is 19.1. The average Bonchev–Trinajstić information content (AvgIpc) is 3.75. The Morgan fingerprint density at radius 1 is 0.382 bits per heavy atom. The first-order chi connectivity index (χ1) is 27.3. The standard InChI is InChI=1S/C53H34N2/c1-2-16-38(17-3-1)54(49-27-12-15-36-14-4-5-18-40(36)49)39-31-28-35(29-32-39)37-30-33-42-41-19-6-8-22-45(41)53(48(42)34-37)46-23-9-11-26-51(46)55-50-25-10-7-20-43(50)44-21-13-24-47(53)52(44)55/h1-34H. The van der Waals surface area contributed by atoms with Gasteiger partial charge in [0.2, 0.25) is 0 Å². The van der Waals surface area contributed by atoms with Gasteiger partial charge in [-0.1, -0.05) is 158 Å². The van der Waals surface area contributed by atoms with Crippen LogP contribution in [0.5, 0.6) is 0 Å². The summed E-state index contributed by atoms with van der Waals surface area (Å²) in [5, 5.41) is 5.04. The Kier molecular flexibility index (Phi) is 6.29. The number of rotatable bonds is 4. The number of anilines is 3. The second-order valence-corrected chi connectivity index (χ2v) is 14.8. The molecule has 55 heavy (non-hydrogen) atoms. The molecular formula is C53H34N2. The van der Waals surface area contributed by atoms with Gasteiger partial charge in [-0.05, 0) is 98.4 Å². The minimum absolute atomic E-state index is 0.471. The lowest BCUT2D eigenvalue weighted by atomic mass is 9.65. The summed E-state index contributed by atoms with van der Waals surface area (Å²) < 4.78 is 2.51. The minimum atomic E-state index is -0.471. The lowest BCUT2D eigenvalue weighted by Crippen LogP contribution is -2.33. The van der Waals surface area contributed by atoms with E-state index in [1.165, 1.54) is 82.8 Å². The largest absolute Gasteiger partial charge is 0.310 e. The Labute approximate surface area is 319 Å². The van der Waals surface area contributed by atoms with Crippen molar-refractivity contribution in [1.82, 2.24) is 4.57 Å². The second-order valence-electron chi connectivity index (χ2n) is 14.8. The number of hydrogen-bond donors (Lipinski definition) is 0. The van der Waals surface area contributed by atoms with Crippen LogP contribution in [0, 0.1) is 0 Å². The monoisotopic (exact) mass is 698 g/mol. The number of nitrogens with zero attached hydrogens (tertiary/aromatic N) is 2. The predicted octanol–water partition coefficient (Wildman–Crippen LogP) is 13.8. The van der Waals surface area contributed by atoms with Crippen molar-refractivity contribution >= 4 is 49.6 Å². The van der Waals surface area contributed by atoms with Crippen molar-refractivity contribution in [2.45, 2.75) is 5.41 Å². The molecule has 2 heteroatoms. The van der Waals surface area contributed by atoms with Gasteiger partial charge in [0.1, 0.15) is 0 Å². The van der Waals surface area contributed by atoms with Crippen LogP contribution in [0.2, 0.25) is 0 Å². The van der Waals surface area contributed by atoms with Gasteiger partial charge in [0, 0.05) is 27.5 Å². The number of aromatic nitrogens is 1. The zero-order valence-corrected chi connectivity index (χ0v) is 30.0. The summed E-state index contributed by atoms with van der Waals surface area (Å²) in [7, 11) is 0. The van der Waals surface area contributed by atoms with Crippen LogP contribution < -0.4 is 4.90 Å². The Morgan fingerprint density at radius 3 is 1.89 bits per heavy atom. The SMILES string of the molecule is c1ccc(N(c2ccc(-c3ccc4c(c3)C3(c5ccccc5-4)c4ccccc4-n4c5ccccc5c5cccc3c54)cc2)c2cccc3ccccc23)cc1. The summed E-state index contributed by atoms with van der Waals surface area (Å²) in [6, 6.07) is 76.2. The van der Waals surface area contributed by atoms with Gasteiger partial charge >= 0.3 is 0 Å². The highest BCUT2D eigenvalue weighted by molar-refractivity contribution is 6.13. The zero-order valence-electron chi connectivity index (χ0n) is 30.0. The molecule has 1 unspecified atom stereocenters. The molecule has 1 aromatic heterocycles. The van der Waals surface area contributed by atoms with Gasteiger partial charge in [0.15, 0.2) is 0 Å². The van der Waals surface area contributed by atoms with Crippen molar-refractivity contribution in [3.05, 3.63) is 229 Å².